The van der Waals surface area contributed by atoms with Crippen molar-refractivity contribution in [2.45, 2.75) is 18.6 Å². The fraction of sp³-hybridized carbons (Fsp3) is 0.467. The van der Waals surface area contributed by atoms with Gasteiger partial charge in [0.15, 0.2) is 6.10 Å². The first-order valence-corrected chi connectivity index (χ1v) is 7.06. The summed E-state index contributed by atoms with van der Waals surface area (Å²) >= 11 is 0. The standard InChI is InChI=1S/C15H19FN2O4/c1-18-12(20)9-22-14(15(21)17-6-3-7-19)13(18)10-4-2-5-11(16)8-10/h2,4-5,8,13-14,19H,3,6-7,9H2,1H3,(H,17,21)/t13-,14+/m1/s1. The van der Waals surface area contributed by atoms with Gasteiger partial charge in [-0.2, -0.15) is 0 Å². The van der Waals surface area contributed by atoms with E-state index < -0.39 is 18.0 Å². The maximum atomic E-state index is 13.5. The van der Waals surface area contributed by atoms with Crippen molar-refractivity contribution in [1.29, 1.82) is 0 Å². The van der Waals surface area contributed by atoms with E-state index in [4.69, 9.17) is 9.84 Å². The predicted octanol–water partition coefficient (Wildman–Crippen LogP) is 0.223. The van der Waals surface area contributed by atoms with Crippen molar-refractivity contribution in [2.75, 3.05) is 26.8 Å². The normalized spacial score (nSPS) is 21.8. The van der Waals surface area contributed by atoms with Gasteiger partial charge < -0.3 is 20.1 Å². The van der Waals surface area contributed by atoms with Crippen LogP contribution in [-0.4, -0.2) is 54.7 Å². The fourth-order valence-corrected chi connectivity index (χ4v) is 2.41. The average molecular weight is 310 g/mol. The number of aliphatic hydroxyl groups is 1. The van der Waals surface area contributed by atoms with Crippen LogP contribution in [0.15, 0.2) is 24.3 Å². The van der Waals surface area contributed by atoms with Gasteiger partial charge in [-0.1, -0.05) is 12.1 Å². The van der Waals surface area contributed by atoms with Gasteiger partial charge in [-0.3, -0.25) is 9.59 Å². The zero-order valence-electron chi connectivity index (χ0n) is 12.3. The van der Waals surface area contributed by atoms with Crippen LogP contribution in [0.2, 0.25) is 0 Å². The fourth-order valence-electron chi connectivity index (χ4n) is 2.41. The van der Waals surface area contributed by atoms with Gasteiger partial charge in [0.25, 0.3) is 5.91 Å². The molecule has 22 heavy (non-hydrogen) atoms. The second-order valence-electron chi connectivity index (χ2n) is 5.10. The number of aliphatic hydroxyl groups excluding tert-OH is 1. The molecule has 1 heterocycles. The summed E-state index contributed by atoms with van der Waals surface area (Å²) in [6, 6.07) is 5.08. The number of halogens is 1. The summed E-state index contributed by atoms with van der Waals surface area (Å²) in [4.78, 5) is 25.5. The van der Waals surface area contributed by atoms with Gasteiger partial charge >= 0.3 is 0 Å². The maximum Gasteiger partial charge on any atom is 0.251 e. The first-order chi connectivity index (χ1) is 10.5. The van der Waals surface area contributed by atoms with Gasteiger partial charge in [-0.05, 0) is 24.1 Å². The van der Waals surface area contributed by atoms with Crippen molar-refractivity contribution < 1.29 is 23.8 Å². The van der Waals surface area contributed by atoms with Crippen molar-refractivity contribution in [3.8, 4) is 0 Å². The smallest absolute Gasteiger partial charge is 0.251 e. The van der Waals surface area contributed by atoms with Gasteiger partial charge in [0.05, 0.1) is 6.04 Å². The van der Waals surface area contributed by atoms with Gasteiger partial charge in [0.1, 0.15) is 12.4 Å². The summed E-state index contributed by atoms with van der Waals surface area (Å²) in [5, 5.41) is 11.4. The summed E-state index contributed by atoms with van der Waals surface area (Å²) in [5.74, 6) is -1.10. The molecule has 0 bridgehead atoms. The highest BCUT2D eigenvalue weighted by molar-refractivity contribution is 5.86. The van der Waals surface area contributed by atoms with Crippen molar-refractivity contribution in [3.63, 3.8) is 0 Å². The summed E-state index contributed by atoms with van der Waals surface area (Å²) < 4.78 is 18.8. The van der Waals surface area contributed by atoms with Crippen molar-refractivity contribution in [1.82, 2.24) is 10.2 Å². The van der Waals surface area contributed by atoms with E-state index in [0.29, 0.717) is 18.5 Å². The minimum Gasteiger partial charge on any atom is -0.396 e. The molecule has 6 nitrogen and oxygen atoms in total. The van der Waals surface area contributed by atoms with Crippen molar-refractivity contribution >= 4 is 11.8 Å². The number of nitrogens with one attached hydrogen (secondary N) is 1. The lowest BCUT2D eigenvalue weighted by Gasteiger charge is -2.38. The molecule has 2 rings (SSSR count). The summed E-state index contributed by atoms with van der Waals surface area (Å²) in [5.41, 5.74) is 0.498. The first kappa shape index (κ1) is 16.4. The molecule has 0 unspecified atom stereocenters. The van der Waals surface area contributed by atoms with Crippen LogP contribution in [0.1, 0.15) is 18.0 Å². The Hall–Kier alpha value is -1.99. The molecule has 120 valence electrons. The molecule has 1 aromatic rings. The molecule has 7 heteroatoms. The van der Waals surface area contributed by atoms with E-state index in [9.17, 15) is 14.0 Å². The number of morpholine rings is 1. The molecule has 1 saturated heterocycles. The number of hydrogen-bond acceptors (Lipinski definition) is 4. The average Bonchev–Trinajstić information content (AvgIpc) is 2.50. The number of likely N-dealkylation sites (N-methyl/N-ethyl adjacent to an activating group) is 1. The van der Waals surface area contributed by atoms with Gasteiger partial charge in [-0.15, -0.1) is 0 Å². The largest absolute Gasteiger partial charge is 0.396 e. The Labute approximate surface area is 127 Å². The Bertz CT molecular complexity index is 552. The number of amides is 2. The Morgan fingerprint density at radius 1 is 1.55 bits per heavy atom. The molecule has 2 N–H and O–H groups in total. The second-order valence-corrected chi connectivity index (χ2v) is 5.10. The zero-order chi connectivity index (χ0) is 16.1. The van der Waals surface area contributed by atoms with Crippen LogP contribution in [0.4, 0.5) is 4.39 Å². The van der Waals surface area contributed by atoms with Gasteiger partial charge in [-0.25, -0.2) is 4.39 Å². The van der Waals surface area contributed by atoms with Crippen molar-refractivity contribution in [3.05, 3.63) is 35.6 Å². The van der Waals surface area contributed by atoms with Crippen LogP contribution in [0, 0.1) is 5.82 Å². The van der Waals surface area contributed by atoms with E-state index in [0.717, 1.165) is 0 Å². The summed E-state index contributed by atoms with van der Waals surface area (Å²) in [6.07, 6.45) is -0.485. The third-order valence-electron chi connectivity index (χ3n) is 3.57. The third-order valence-corrected chi connectivity index (χ3v) is 3.57. The lowest BCUT2D eigenvalue weighted by atomic mass is 9.97. The number of rotatable bonds is 5. The quantitative estimate of drug-likeness (QED) is 0.763. The predicted molar refractivity (Wildman–Crippen MR) is 76.4 cm³/mol. The van der Waals surface area contributed by atoms with Crippen LogP contribution < -0.4 is 5.32 Å². The van der Waals surface area contributed by atoms with Crippen LogP contribution in [-0.2, 0) is 14.3 Å². The number of carbonyl (C=O) groups excluding carboxylic acids is 2. The number of benzene rings is 1. The molecular weight excluding hydrogens is 291 g/mol. The summed E-state index contributed by atoms with van der Waals surface area (Å²) in [7, 11) is 1.56. The number of nitrogens with zero attached hydrogens (tertiary/aromatic N) is 1. The minimum absolute atomic E-state index is 0.0302. The summed E-state index contributed by atoms with van der Waals surface area (Å²) in [6.45, 7) is 0.0840. The van der Waals surface area contributed by atoms with E-state index in [1.165, 1.54) is 23.1 Å². The van der Waals surface area contributed by atoms with E-state index in [2.05, 4.69) is 5.32 Å². The Morgan fingerprint density at radius 3 is 3.00 bits per heavy atom. The molecule has 0 aromatic heterocycles. The first-order valence-electron chi connectivity index (χ1n) is 7.06. The zero-order valence-corrected chi connectivity index (χ0v) is 12.3. The molecule has 1 aliphatic heterocycles. The molecule has 0 radical (unpaired) electrons. The topological polar surface area (TPSA) is 78.9 Å². The minimum atomic E-state index is -0.914. The second kappa shape index (κ2) is 7.33. The van der Waals surface area contributed by atoms with Gasteiger partial charge in [0.2, 0.25) is 5.91 Å². The van der Waals surface area contributed by atoms with E-state index in [1.54, 1.807) is 13.1 Å². The van der Waals surface area contributed by atoms with Crippen molar-refractivity contribution in [2.24, 2.45) is 0 Å². The lowest BCUT2D eigenvalue weighted by Crippen LogP contribution is -2.53. The number of ether oxygens (including phenoxy) is 1. The van der Waals surface area contributed by atoms with Crippen LogP contribution in [0.3, 0.4) is 0 Å². The Kier molecular flexibility index (Phi) is 5.46. The van der Waals surface area contributed by atoms with Gasteiger partial charge in [0, 0.05) is 20.2 Å². The SMILES string of the molecule is CN1C(=O)CO[C@H](C(=O)NCCCO)[C@H]1c1cccc(F)c1. The molecule has 2 amide bonds. The third kappa shape index (κ3) is 3.61. The maximum absolute atomic E-state index is 13.5. The van der Waals surface area contributed by atoms with E-state index in [1.807, 2.05) is 0 Å². The highest BCUT2D eigenvalue weighted by atomic mass is 19.1. The Morgan fingerprint density at radius 2 is 2.32 bits per heavy atom. The monoisotopic (exact) mass is 310 g/mol. The molecule has 2 atom stereocenters. The highest BCUT2D eigenvalue weighted by Crippen LogP contribution is 2.29. The van der Waals surface area contributed by atoms with Crippen LogP contribution in [0.25, 0.3) is 0 Å². The molecule has 0 saturated carbocycles. The Balaban J connectivity index is 2.22. The molecule has 1 aliphatic rings. The molecular formula is C15H19FN2O4. The molecule has 1 fully saturated rings. The van der Waals surface area contributed by atoms with Crippen LogP contribution >= 0.6 is 0 Å². The van der Waals surface area contributed by atoms with Crippen LogP contribution in [0.5, 0.6) is 0 Å². The van der Waals surface area contributed by atoms with E-state index in [-0.39, 0.29) is 25.0 Å². The number of carbonyl (C=O) groups is 2. The molecule has 1 aromatic carbocycles. The lowest BCUT2D eigenvalue weighted by molar-refractivity contribution is -0.162. The molecule has 0 spiro atoms. The van der Waals surface area contributed by atoms with E-state index >= 15 is 0 Å². The highest BCUT2D eigenvalue weighted by Gasteiger charge is 2.39. The number of hydrogen-bond donors (Lipinski definition) is 2. The molecule has 0 aliphatic carbocycles.